The van der Waals surface area contributed by atoms with E-state index in [2.05, 4.69) is 65.7 Å². The SMILES string of the molecule is CCCCCCCCCCCCCCOC[n+]1ccn(CC)c1-c1ccccc1. The molecule has 0 atom stereocenters. The highest BCUT2D eigenvalue weighted by atomic mass is 16.5. The van der Waals surface area contributed by atoms with Gasteiger partial charge in [0.15, 0.2) is 6.73 Å². The van der Waals surface area contributed by atoms with Gasteiger partial charge in [0, 0.05) is 0 Å². The zero-order valence-corrected chi connectivity index (χ0v) is 19.0. The van der Waals surface area contributed by atoms with Crippen LogP contribution in [0.25, 0.3) is 11.4 Å². The third kappa shape index (κ3) is 9.16. The lowest BCUT2D eigenvalue weighted by atomic mass is 10.1. The molecule has 2 rings (SSSR count). The van der Waals surface area contributed by atoms with Crippen LogP contribution in [0.3, 0.4) is 0 Å². The number of imidazole rings is 1. The second-order valence-corrected chi connectivity index (χ2v) is 8.17. The minimum absolute atomic E-state index is 0.634. The largest absolute Gasteiger partial charge is 0.342 e. The van der Waals surface area contributed by atoms with Crippen molar-refractivity contribution in [2.24, 2.45) is 0 Å². The molecule has 0 saturated carbocycles. The molecular formula is C26H43N2O+. The summed E-state index contributed by atoms with van der Waals surface area (Å²) >= 11 is 0. The van der Waals surface area contributed by atoms with Crippen LogP contribution in [0.1, 0.15) is 90.9 Å². The number of rotatable bonds is 17. The summed E-state index contributed by atoms with van der Waals surface area (Å²) in [7, 11) is 0. The highest BCUT2D eigenvalue weighted by Crippen LogP contribution is 2.16. The molecule has 0 saturated heterocycles. The summed E-state index contributed by atoms with van der Waals surface area (Å²) in [6.45, 7) is 6.93. The van der Waals surface area contributed by atoms with E-state index < -0.39 is 0 Å². The zero-order valence-electron chi connectivity index (χ0n) is 19.0. The minimum atomic E-state index is 0.634. The Morgan fingerprint density at radius 3 is 1.93 bits per heavy atom. The molecule has 2 aromatic rings. The van der Waals surface area contributed by atoms with Crippen molar-refractivity contribution in [1.29, 1.82) is 0 Å². The smallest absolute Gasteiger partial charge is 0.290 e. The van der Waals surface area contributed by atoms with Crippen LogP contribution in [-0.4, -0.2) is 11.2 Å². The number of nitrogens with zero attached hydrogens (tertiary/aromatic N) is 2. The van der Waals surface area contributed by atoms with Crippen molar-refractivity contribution in [3.8, 4) is 11.4 Å². The molecule has 0 radical (unpaired) electrons. The fourth-order valence-corrected chi connectivity index (χ4v) is 3.95. The van der Waals surface area contributed by atoms with Crippen molar-refractivity contribution in [3.05, 3.63) is 42.7 Å². The van der Waals surface area contributed by atoms with Crippen molar-refractivity contribution < 1.29 is 9.30 Å². The van der Waals surface area contributed by atoms with Gasteiger partial charge in [0.2, 0.25) is 0 Å². The normalized spacial score (nSPS) is 11.2. The second-order valence-electron chi connectivity index (χ2n) is 8.17. The number of ether oxygens (including phenoxy) is 1. The van der Waals surface area contributed by atoms with E-state index in [9.17, 15) is 0 Å². The van der Waals surface area contributed by atoms with Crippen LogP contribution in [0.4, 0.5) is 0 Å². The molecule has 0 aliphatic carbocycles. The number of aromatic nitrogens is 2. The predicted octanol–water partition coefficient (Wildman–Crippen LogP) is 7.14. The fraction of sp³-hybridized carbons (Fsp3) is 0.654. The summed E-state index contributed by atoms with van der Waals surface area (Å²) in [5.74, 6) is 1.22. The topological polar surface area (TPSA) is 18.0 Å². The molecule has 0 aliphatic rings. The Labute approximate surface area is 179 Å². The lowest BCUT2D eigenvalue weighted by molar-refractivity contribution is -0.722. The van der Waals surface area contributed by atoms with E-state index in [1.54, 1.807) is 0 Å². The Balaban J connectivity index is 1.53. The lowest BCUT2D eigenvalue weighted by Gasteiger charge is -2.06. The Kier molecular flexibility index (Phi) is 12.5. The maximum absolute atomic E-state index is 5.98. The minimum Gasteiger partial charge on any atom is -0.342 e. The van der Waals surface area contributed by atoms with Gasteiger partial charge in [-0.3, -0.25) is 0 Å². The molecule has 0 aliphatic heterocycles. The Hall–Kier alpha value is -1.61. The molecule has 29 heavy (non-hydrogen) atoms. The average Bonchev–Trinajstić information content (AvgIpc) is 3.17. The van der Waals surface area contributed by atoms with Gasteiger partial charge in [-0.05, 0) is 25.5 Å². The van der Waals surface area contributed by atoms with E-state index >= 15 is 0 Å². The summed E-state index contributed by atoms with van der Waals surface area (Å²) in [4.78, 5) is 0. The molecule has 0 amide bonds. The van der Waals surface area contributed by atoms with E-state index in [4.69, 9.17) is 4.74 Å². The monoisotopic (exact) mass is 399 g/mol. The number of hydrogen-bond acceptors (Lipinski definition) is 1. The molecule has 1 heterocycles. The summed E-state index contributed by atoms with van der Waals surface area (Å²) in [6.07, 6.45) is 20.9. The number of unbranched alkanes of at least 4 members (excludes halogenated alkanes) is 11. The van der Waals surface area contributed by atoms with Gasteiger partial charge >= 0.3 is 0 Å². The quantitative estimate of drug-likeness (QED) is 0.204. The summed E-state index contributed by atoms with van der Waals surface area (Å²) < 4.78 is 10.5. The van der Waals surface area contributed by atoms with Crippen LogP contribution in [0.5, 0.6) is 0 Å². The maximum atomic E-state index is 5.98. The lowest BCUT2D eigenvalue weighted by Crippen LogP contribution is -2.36. The molecule has 1 aromatic carbocycles. The first-order valence-electron chi connectivity index (χ1n) is 12.1. The standard InChI is InChI=1S/C26H43N2O/c1-3-5-6-7-8-9-10-11-12-13-14-18-23-29-24-28-22-21-27(4-2)26(28)25-19-16-15-17-20-25/h15-17,19-22H,3-14,18,23-24H2,1-2H3/q+1. The highest BCUT2D eigenvalue weighted by Gasteiger charge is 2.17. The molecule has 1 aromatic heterocycles. The summed E-state index contributed by atoms with van der Waals surface area (Å²) in [5, 5.41) is 0. The van der Waals surface area contributed by atoms with Crippen molar-refractivity contribution in [1.82, 2.24) is 4.57 Å². The van der Waals surface area contributed by atoms with Gasteiger partial charge in [0.05, 0.1) is 18.7 Å². The summed E-state index contributed by atoms with van der Waals surface area (Å²) in [5.41, 5.74) is 1.24. The first-order valence-corrected chi connectivity index (χ1v) is 12.1. The second kappa shape index (κ2) is 15.3. The van der Waals surface area contributed by atoms with Crippen LogP contribution >= 0.6 is 0 Å². The van der Waals surface area contributed by atoms with Crippen molar-refractivity contribution >= 4 is 0 Å². The maximum Gasteiger partial charge on any atom is 0.290 e. The number of hydrogen-bond donors (Lipinski definition) is 0. The average molecular weight is 400 g/mol. The fourth-order valence-electron chi connectivity index (χ4n) is 3.95. The van der Waals surface area contributed by atoms with Gasteiger partial charge in [0.25, 0.3) is 5.82 Å². The first-order chi connectivity index (χ1) is 14.4. The van der Waals surface area contributed by atoms with Gasteiger partial charge in [-0.1, -0.05) is 95.8 Å². The third-order valence-corrected chi connectivity index (χ3v) is 5.72. The Morgan fingerprint density at radius 2 is 1.34 bits per heavy atom. The van der Waals surface area contributed by atoms with Gasteiger partial charge in [-0.2, -0.15) is 0 Å². The van der Waals surface area contributed by atoms with E-state index in [0.29, 0.717) is 6.73 Å². The van der Waals surface area contributed by atoms with Gasteiger partial charge in [-0.25, -0.2) is 9.13 Å². The summed E-state index contributed by atoms with van der Waals surface area (Å²) in [6, 6.07) is 10.6. The first kappa shape index (κ1) is 23.7. The van der Waals surface area contributed by atoms with Crippen molar-refractivity contribution in [2.45, 2.75) is 104 Å². The highest BCUT2D eigenvalue weighted by molar-refractivity contribution is 5.52. The third-order valence-electron chi connectivity index (χ3n) is 5.72. The van der Waals surface area contributed by atoms with Crippen LogP contribution in [0.2, 0.25) is 0 Å². The molecule has 162 valence electrons. The van der Waals surface area contributed by atoms with E-state index in [0.717, 1.165) is 13.2 Å². The van der Waals surface area contributed by atoms with E-state index in [-0.39, 0.29) is 0 Å². The zero-order chi connectivity index (χ0) is 20.6. The van der Waals surface area contributed by atoms with E-state index in [1.807, 2.05) is 0 Å². The van der Waals surface area contributed by atoms with Gasteiger partial charge in [0.1, 0.15) is 12.4 Å². The molecule has 0 spiro atoms. The van der Waals surface area contributed by atoms with Gasteiger partial charge < -0.3 is 4.74 Å². The molecule has 0 N–H and O–H groups in total. The van der Waals surface area contributed by atoms with E-state index in [1.165, 1.54) is 88.4 Å². The molecule has 0 fully saturated rings. The van der Waals surface area contributed by atoms with Crippen LogP contribution in [0.15, 0.2) is 42.7 Å². The Morgan fingerprint density at radius 1 is 0.759 bits per heavy atom. The van der Waals surface area contributed by atoms with Crippen molar-refractivity contribution in [3.63, 3.8) is 0 Å². The number of aryl methyl sites for hydroxylation is 1. The van der Waals surface area contributed by atoms with Crippen molar-refractivity contribution in [2.75, 3.05) is 6.61 Å². The van der Waals surface area contributed by atoms with Crippen LogP contribution < -0.4 is 4.57 Å². The van der Waals surface area contributed by atoms with Crippen LogP contribution in [0, 0.1) is 0 Å². The molecule has 3 heteroatoms. The van der Waals surface area contributed by atoms with Gasteiger partial charge in [-0.15, -0.1) is 0 Å². The number of benzene rings is 1. The van der Waals surface area contributed by atoms with Crippen LogP contribution in [-0.2, 0) is 18.0 Å². The molecule has 0 unspecified atom stereocenters. The molecule has 3 nitrogen and oxygen atoms in total. The molecule has 0 bridgehead atoms. The predicted molar refractivity (Wildman–Crippen MR) is 123 cm³/mol. The Bertz CT molecular complexity index is 635. The molecular weight excluding hydrogens is 356 g/mol.